The molecule has 100 valence electrons. The van der Waals surface area contributed by atoms with Gasteiger partial charge in [-0.15, -0.1) is 5.10 Å². The summed E-state index contributed by atoms with van der Waals surface area (Å²) >= 11 is 0. The molecule has 0 aliphatic carbocycles. The van der Waals surface area contributed by atoms with Gasteiger partial charge in [-0.25, -0.2) is 4.98 Å². The predicted molar refractivity (Wildman–Crippen MR) is 70.4 cm³/mol. The number of H-pyrrole nitrogens is 1. The lowest BCUT2D eigenvalue weighted by Gasteiger charge is -2.25. The number of hydrogen-bond donors (Lipinski definition) is 1. The number of aryl methyl sites for hydroxylation is 1. The van der Waals surface area contributed by atoms with Crippen molar-refractivity contribution in [2.75, 3.05) is 0 Å². The van der Waals surface area contributed by atoms with Crippen molar-refractivity contribution in [3.63, 3.8) is 0 Å². The highest BCUT2D eigenvalue weighted by atomic mass is 16.2. The van der Waals surface area contributed by atoms with Crippen LogP contribution in [0.1, 0.15) is 36.0 Å². The fourth-order valence-corrected chi connectivity index (χ4v) is 1.72. The summed E-state index contributed by atoms with van der Waals surface area (Å²) in [5.41, 5.74) is 0.844. The Morgan fingerprint density at radius 1 is 1.42 bits per heavy atom. The molecule has 0 aliphatic rings. The van der Waals surface area contributed by atoms with Gasteiger partial charge < -0.3 is 4.90 Å². The van der Waals surface area contributed by atoms with Crippen LogP contribution in [-0.2, 0) is 6.54 Å². The fraction of sp³-hybridized carbons (Fsp3) is 0.385. The smallest absolute Gasteiger partial charge is 0.294 e. The van der Waals surface area contributed by atoms with Gasteiger partial charge in [0.25, 0.3) is 5.91 Å². The van der Waals surface area contributed by atoms with Crippen LogP contribution in [0.25, 0.3) is 0 Å². The number of nitrogens with zero attached hydrogens (tertiary/aromatic N) is 4. The topological polar surface area (TPSA) is 74.8 Å². The minimum absolute atomic E-state index is 0.0494. The average Bonchev–Trinajstić information content (AvgIpc) is 2.83. The highest BCUT2D eigenvalue weighted by molar-refractivity contribution is 5.90. The number of carbonyl (C=O) groups is 1. The van der Waals surface area contributed by atoms with E-state index in [1.807, 2.05) is 32.0 Å². The Hall–Kier alpha value is -2.24. The maximum absolute atomic E-state index is 12.4. The number of rotatable bonds is 4. The molecule has 0 spiro atoms. The molecule has 0 bridgehead atoms. The van der Waals surface area contributed by atoms with E-state index in [-0.39, 0.29) is 17.8 Å². The second-order valence-electron chi connectivity index (χ2n) is 4.59. The molecule has 6 nitrogen and oxygen atoms in total. The molecule has 0 unspecified atom stereocenters. The first-order valence-electron chi connectivity index (χ1n) is 6.18. The quantitative estimate of drug-likeness (QED) is 0.904. The van der Waals surface area contributed by atoms with Crippen molar-refractivity contribution in [1.29, 1.82) is 0 Å². The lowest BCUT2D eigenvalue weighted by molar-refractivity contribution is 0.0675. The van der Waals surface area contributed by atoms with Crippen LogP contribution in [0.15, 0.2) is 24.4 Å². The van der Waals surface area contributed by atoms with Crippen LogP contribution in [0.2, 0.25) is 0 Å². The Labute approximate surface area is 111 Å². The van der Waals surface area contributed by atoms with E-state index in [1.165, 1.54) is 0 Å². The summed E-state index contributed by atoms with van der Waals surface area (Å²) < 4.78 is 0. The van der Waals surface area contributed by atoms with Gasteiger partial charge in [0.2, 0.25) is 5.82 Å². The van der Waals surface area contributed by atoms with Crippen LogP contribution in [0.3, 0.4) is 0 Å². The summed E-state index contributed by atoms with van der Waals surface area (Å²) in [5, 5.41) is 6.60. The molecule has 1 amide bonds. The van der Waals surface area contributed by atoms with E-state index in [0.717, 1.165) is 5.69 Å². The molecule has 2 aromatic heterocycles. The molecule has 19 heavy (non-hydrogen) atoms. The molecule has 0 saturated carbocycles. The first-order valence-corrected chi connectivity index (χ1v) is 6.18. The summed E-state index contributed by atoms with van der Waals surface area (Å²) in [6, 6.07) is 5.70. The third-order valence-corrected chi connectivity index (χ3v) is 2.73. The normalized spacial score (nSPS) is 10.7. The molecule has 0 aliphatic heterocycles. The van der Waals surface area contributed by atoms with E-state index in [2.05, 4.69) is 20.2 Å². The van der Waals surface area contributed by atoms with Crippen molar-refractivity contribution >= 4 is 5.91 Å². The maximum Gasteiger partial charge on any atom is 0.294 e. The van der Waals surface area contributed by atoms with Crippen LogP contribution < -0.4 is 0 Å². The molecule has 0 radical (unpaired) electrons. The van der Waals surface area contributed by atoms with Crippen LogP contribution in [0.4, 0.5) is 0 Å². The number of hydrogen-bond acceptors (Lipinski definition) is 4. The zero-order chi connectivity index (χ0) is 13.8. The number of pyridine rings is 1. The average molecular weight is 259 g/mol. The molecule has 0 aromatic carbocycles. The molecular formula is C13H17N5O. The molecule has 2 rings (SSSR count). The van der Waals surface area contributed by atoms with Crippen molar-refractivity contribution in [3.05, 3.63) is 41.7 Å². The summed E-state index contributed by atoms with van der Waals surface area (Å²) in [7, 11) is 0. The van der Waals surface area contributed by atoms with E-state index in [0.29, 0.717) is 12.4 Å². The van der Waals surface area contributed by atoms with Crippen molar-refractivity contribution in [2.24, 2.45) is 0 Å². The number of carbonyl (C=O) groups excluding carboxylic acids is 1. The van der Waals surface area contributed by atoms with Crippen molar-refractivity contribution in [1.82, 2.24) is 25.1 Å². The minimum Gasteiger partial charge on any atom is -0.328 e. The van der Waals surface area contributed by atoms with Gasteiger partial charge in [0.05, 0.1) is 12.2 Å². The van der Waals surface area contributed by atoms with Gasteiger partial charge in [-0.2, -0.15) is 0 Å². The summed E-state index contributed by atoms with van der Waals surface area (Å²) in [4.78, 5) is 22.4. The second kappa shape index (κ2) is 5.60. The Bertz CT molecular complexity index is 549. The maximum atomic E-state index is 12.4. The number of aromatic amines is 1. The second-order valence-corrected chi connectivity index (χ2v) is 4.59. The Morgan fingerprint density at radius 2 is 2.21 bits per heavy atom. The first kappa shape index (κ1) is 13.2. The molecular weight excluding hydrogens is 242 g/mol. The predicted octanol–water partition coefficient (Wildman–Crippen LogP) is 1.56. The molecule has 0 atom stereocenters. The van der Waals surface area contributed by atoms with Gasteiger partial charge in [0.15, 0.2) is 0 Å². The lowest BCUT2D eigenvalue weighted by atomic mass is 10.2. The van der Waals surface area contributed by atoms with E-state index in [1.54, 1.807) is 18.0 Å². The number of nitrogens with one attached hydrogen (secondary N) is 1. The number of amides is 1. The summed E-state index contributed by atoms with van der Waals surface area (Å²) in [6.07, 6.45) is 1.72. The molecule has 0 fully saturated rings. The van der Waals surface area contributed by atoms with Crippen LogP contribution in [-0.4, -0.2) is 37.0 Å². The summed E-state index contributed by atoms with van der Waals surface area (Å²) in [6.45, 7) is 6.13. The SMILES string of the molecule is Cc1nc(C(=O)N(Cc2ccccn2)C(C)C)n[nH]1. The zero-order valence-electron chi connectivity index (χ0n) is 11.3. The third-order valence-electron chi connectivity index (χ3n) is 2.73. The standard InChI is InChI=1S/C13H17N5O/c1-9(2)18(8-11-6-4-5-7-14-11)13(19)12-15-10(3)16-17-12/h4-7,9H,8H2,1-3H3,(H,15,16,17). The highest BCUT2D eigenvalue weighted by Gasteiger charge is 2.22. The molecule has 6 heteroatoms. The molecule has 1 N–H and O–H groups in total. The molecule has 0 saturated heterocycles. The van der Waals surface area contributed by atoms with Crippen LogP contribution in [0, 0.1) is 6.92 Å². The van der Waals surface area contributed by atoms with Crippen molar-refractivity contribution < 1.29 is 4.79 Å². The summed E-state index contributed by atoms with van der Waals surface area (Å²) in [5.74, 6) is 0.636. The van der Waals surface area contributed by atoms with Crippen molar-refractivity contribution in [3.8, 4) is 0 Å². The molecule has 2 heterocycles. The van der Waals surface area contributed by atoms with E-state index in [9.17, 15) is 4.79 Å². The van der Waals surface area contributed by atoms with Crippen LogP contribution in [0.5, 0.6) is 0 Å². The molecule has 2 aromatic rings. The van der Waals surface area contributed by atoms with Crippen LogP contribution >= 0.6 is 0 Å². The van der Waals surface area contributed by atoms with Gasteiger partial charge in [0.1, 0.15) is 5.82 Å². The van der Waals surface area contributed by atoms with Gasteiger partial charge in [-0.05, 0) is 32.9 Å². The third kappa shape index (κ3) is 3.15. The zero-order valence-corrected chi connectivity index (χ0v) is 11.3. The Balaban J connectivity index is 2.19. The fourth-order valence-electron chi connectivity index (χ4n) is 1.72. The van der Waals surface area contributed by atoms with Crippen molar-refractivity contribution in [2.45, 2.75) is 33.4 Å². The lowest BCUT2D eigenvalue weighted by Crippen LogP contribution is -2.37. The van der Waals surface area contributed by atoms with Gasteiger partial charge in [0, 0.05) is 12.2 Å². The highest BCUT2D eigenvalue weighted by Crippen LogP contribution is 2.09. The largest absolute Gasteiger partial charge is 0.328 e. The number of aromatic nitrogens is 4. The van der Waals surface area contributed by atoms with E-state index < -0.39 is 0 Å². The van der Waals surface area contributed by atoms with E-state index >= 15 is 0 Å². The first-order chi connectivity index (χ1) is 9.08. The minimum atomic E-state index is -0.190. The monoisotopic (exact) mass is 259 g/mol. The van der Waals surface area contributed by atoms with Gasteiger partial charge >= 0.3 is 0 Å². The van der Waals surface area contributed by atoms with Gasteiger partial charge in [-0.3, -0.25) is 14.9 Å². The van der Waals surface area contributed by atoms with Gasteiger partial charge in [-0.1, -0.05) is 6.07 Å². The van der Waals surface area contributed by atoms with E-state index in [4.69, 9.17) is 0 Å². The Morgan fingerprint density at radius 3 is 2.74 bits per heavy atom. The Kier molecular flexibility index (Phi) is 3.89.